The lowest BCUT2D eigenvalue weighted by molar-refractivity contribution is 0.0544. The Hall–Kier alpha value is -3.58. The fraction of sp³-hybridized carbons (Fsp3) is 0.385. The minimum absolute atomic E-state index is 0.170. The van der Waals surface area contributed by atoms with Crippen molar-refractivity contribution in [2.45, 2.75) is 6.54 Å². The number of carbonyl (C=O) groups excluding carboxylic acids is 2. The number of nitrogens with one attached hydrogen (secondary N) is 2. The maximum absolute atomic E-state index is 13.2. The Bertz CT molecular complexity index is 1280. The van der Waals surface area contributed by atoms with E-state index in [1.54, 1.807) is 35.8 Å². The van der Waals surface area contributed by atoms with Crippen LogP contribution in [0.3, 0.4) is 0 Å². The van der Waals surface area contributed by atoms with Crippen LogP contribution in [0, 0.1) is 0 Å². The Morgan fingerprint density at radius 3 is 2.84 bits per heavy atom. The summed E-state index contributed by atoms with van der Waals surface area (Å²) < 4.78 is 16.1. The Morgan fingerprint density at radius 2 is 2.00 bits per heavy atom. The number of amides is 2. The minimum Gasteiger partial charge on any atom is -0.491 e. The zero-order valence-electron chi connectivity index (χ0n) is 21.1. The molecule has 0 bridgehead atoms. The molecule has 0 atom stereocenters. The third-order valence-electron chi connectivity index (χ3n) is 6.27. The van der Waals surface area contributed by atoms with Crippen LogP contribution in [-0.2, 0) is 16.0 Å². The van der Waals surface area contributed by atoms with Crippen molar-refractivity contribution in [2.75, 3.05) is 74.8 Å². The van der Waals surface area contributed by atoms with E-state index in [-0.39, 0.29) is 17.5 Å². The predicted molar refractivity (Wildman–Crippen MR) is 145 cm³/mol. The smallest absolute Gasteiger partial charge is 0.275 e. The molecule has 3 aromatic rings. The zero-order chi connectivity index (χ0) is 26.3. The van der Waals surface area contributed by atoms with Crippen molar-refractivity contribution in [1.82, 2.24) is 15.3 Å². The van der Waals surface area contributed by atoms with Crippen LogP contribution in [0.15, 0.2) is 42.0 Å². The molecule has 0 radical (unpaired) electrons. The number of rotatable bonds is 11. The lowest BCUT2D eigenvalue weighted by Crippen LogP contribution is -2.43. The van der Waals surface area contributed by atoms with E-state index in [0.717, 1.165) is 37.4 Å². The van der Waals surface area contributed by atoms with Gasteiger partial charge in [0, 0.05) is 50.4 Å². The molecule has 200 valence electrons. The van der Waals surface area contributed by atoms with Crippen LogP contribution < -0.4 is 25.2 Å². The molecule has 5 rings (SSSR count). The second kappa shape index (κ2) is 12.3. The molecule has 12 heteroatoms. The third-order valence-corrected chi connectivity index (χ3v) is 7.14. The number of fused-ring (bicyclic) bond motifs is 1. The van der Waals surface area contributed by atoms with Crippen molar-refractivity contribution in [3.05, 3.63) is 58.9 Å². The zero-order valence-corrected chi connectivity index (χ0v) is 22.0. The molecule has 38 heavy (non-hydrogen) atoms. The summed E-state index contributed by atoms with van der Waals surface area (Å²) in [6.45, 7) is 5.69. The van der Waals surface area contributed by atoms with Gasteiger partial charge < -0.3 is 29.7 Å². The number of piperazine rings is 1. The quantitative estimate of drug-likeness (QED) is 0.355. The molecule has 1 aromatic carbocycles. The van der Waals surface area contributed by atoms with Gasteiger partial charge in [-0.1, -0.05) is 6.07 Å². The molecule has 2 aliphatic rings. The Morgan fingerprint density at radius 1 is 1.16 bits per heavy atom. The molecule has 2 N–H and O–H groups in total. The predicted octanol–water partition coefficient (Wildman–Crippen LogP) is 2.40. The van der Waals surface area contributed by atoms with Gasteiger partial charge in [0.25, 0.3) is 11.8 Å². The molecular weight excluding hydrogens is 508 g/mol. The highest BCUT2D eigenvalue weighted by atomic mass is 32.1. The van der Waals surface area contributed by atoms with Gasteiger partial charge in [0.2, 0.25) is 0 Å². The third kappa shape index (κ3) is 5.94. The lowest BCUT2D eigenvalue weighted by Gasteiger charge is -2.30. The number of benzene rings is 1. The first kappa shape index (κ1) is 26.0. The molecule has 4 heterocycles. The number of thiazole rings is 1. The van der Waals surface area contributed by atoms with Crippen molar-refractivity contribution in [1.29, 1.82) is 0 Å². The number of anilines is 3. The van der Waals surface area contributed by atoms with Crippen LogP contribution in [0.2, 0.25) is 0 Å². The first-order valence-electron chi connectivity index (χ1n) is 12.4. The maximum Gasteiger partial charge on any atom is 0.275 e. The van der Waals surface area contributed by atoms with Gasteiger partial charge in [0.05, 0.1) is 43.9 Å². The summed E-state index contributed by atoms with van der Waals surface area (Å²) in [5, 5.41) is 8.41. The highest BCUT2D eigenvalue weighted by molar-refractivity contribution is 7.14. The average molecular weight is 539 g/mol. The second-order valence-corrected chi connectivity index (χ2v) is 9.60. The number of pyridine rings is 1. The number of hydrogen-bond acceptors (Lipinski definition) is 10. The van der Waals surface area contributed by atoms with Crippen molar-refractivity contribution < 1.29 is 23.8 Å². The van der Waals surface area contributed by atoms with E-state index in [1.807, 2.05) is 18.2 Å². The average Bonchev–Trinajstić information content (AvgIpc) is 3.56. The molecule has 2 aromatic heterocycles. The van der Waals surface area contributed by atoms with Gasteiger partial charge in [0.15, 0.2) is 5.13 Å². The Labute approximate surface area is 224 Å². The van der Waals surface area contributed by atoms with E-state index in [2.05, 4.69) is 25.5 Å². The summed E-state index contributed by atoms with van der Waals surface area (Å²) in [5.74, 6) is 0.0889. The van der Waals surface area contributed by atoms with E-state index < -0.39 is 0 Å². The lowest BCUT2D eigenvalue weighted by atomic mass is 10.1. The number of carbonyl (C=O) groups is 2. The summed E-state index contributed by atoms with van der Waals surface area (Å²) in [4.78, 5) is 38.7. The second-order valence-electron chi connectivity index (χ2n) is 8.76. The topological polar surface area (TPSA) is 118 Å². The summed E-state index contributed by atoms with van der Waals surface area (Å²) in [6.07, 6.45) is 3.37. The van der Waals surface area contributed by atoms with Crippen molar-refractivity contribution >= 4 is 39.7 Å². The summed E-state index contributed by atoms with van der Waals surface area (Å²) in [6, 6.07) is 7.37. The van der Waals surface area contributed by atoms with Gasteiger partial charge in [-0.05, 0) is 23.8 Å². The fourth-order valence-electron chi connectivity index (χ4n) is 4.33. The fourth-order valence-corrected chi connectivity index (χ4v) is 5.13. The standard InChI is InChI=1S/C26H30N6O5S/c1-35-10-11-36-12-13-37-19-3-2-18-16-32(25(34)20(18)14-19)26-30-22(17-38-26)24(33)29-21-15-28-5-4-23(21)31-8-6-27-7-9-31/h2-5,14-15,17,27H,6-13,16H2,1H3,(H,29,33). The Kier molecular flexibility index (Phi) is 8.44. The van der Waals surface area contributed by atoms with Crippen molar-refractivity contribution in [3.63, 3.8) is 0 Å². The van der Waals surface area contributed by atoms with Crippen molar-refractivity contribution in [3.8, 4) is 5.75 Å². The van der Waals surface area contributed by atoms with Gasteiger partial charge in [-0.15, -0.1) is 11.3 Å². The Balaban J connectivity index is 1.21. The highest BCUT2D eigenvalue weighted by Crippen LogP contribution is 2.33. The van der Waals surface area contributed by atoms with Crippen molar-refractivity contribution in [2.24, 2.45) is 0 Å². The van der Waals surface area contributed by atoms with E-state index >= 15 is 0 Å². The van der Waals surface area contributed by atoms with Crippen LogP contribution >= 0.6 is 11.3 Å². The van der Waals surface area contributed by atoms with Crippen LogP contribution in [0.1, 0.15) is 26.4 Å². The summed E-state index contributed by atoms with van der Waals surface area (Å²) >= 11 is 1.26. The highest BCUT2D eigenvalue weighted by Gasteiger charge is 2.31. The number of aromatic nitrogens is 2. The van der Waals surface area contributed by atoms with Gasteiger partial charge in [0.1, 0.15) is 18.1 Å². The van der Waals surface area contributed by atoms with Crippen LogP contribution in [0.4, 0.5) is 16.5 Å². The van der Waals surface area contributed by atoms with Gasteiger partial charge >= 0.3 is 0 Å². The minimum atomic E-state index is -0.343. The van der Waals surface area contributed by atoms with Gasteiger partial charge in [-0.25, -0.2) is 4.98 Å². The summed E-state index contributed by atoms with van der Waals surface area (Å²) in [7, 11) is 1.62. The largest absolute Gasteiger partial charge is 0.491 e. The van der Waals surface area contributed by atoms with E-state index in [1.165, 1.54) is 11.3 Å². The van der Waals surface area contributed by atoms with E-state index in [0.29, 0.717) is 55.1 Å². The summed E-state index contributed by atoms with van der Waals surface area (Å²) in [5.41, 5.74) is 3.27. The molecule has 11 nitrogen and oxygen atoms in total. The molecule has 2 aliphatic heterocycles. The number of methoxy groups -OCH3 is 1. The maximum atomic E-state index is 13.2. The van der Waals surface area contributed by atoms with Gasteiger partial charge in [-0.3, -0.25) is 19.5 Å². The normalized spacial score (nSPS) is 15.0. The number of nitrogens with zero attached hydrogens (tertiary/aromatic N) is 4. The van der Waals surface area contributed by atoms with E-state index in [4.69, 9.17) is 14.2 Å². The van der Waals surface area contributed by atoms with E-state index in [9.17, 15) is 9.59 Å². The molecule has 0 saturated carbocycles. The van der Waals surface area contributed by atoms with Crippen LogP contribution in [0.25, 0.3) is 0 Å². The molecule has 0 spiro atoms. The van der Waals surface area contributed by atoms with Crippen LogP contribution in [0.5, 0.6) is 5.75 Å². The van der Waals surface area contributed by atoms with Crippen LogP contribution in [-0.4, -0.2) is 81.5 Å². The molecule has 1 saturated heterocycles. The molecule has 1 fully saturated rings. The molecular formula is C26H30N6O5S. The number of hydrogen-bond donors (Lipinski definition) is 2. The molecule has 0 aliphatic carbocycles. The number of ether oxygens (including phenoxy) is 3. The SMILES string of the molecule is COCCOCCOc1ccc2c(c1)C(=O)N(c1nc(C(=O)Nc3cnccc3N3CCNCC3)cs1)C2. The monoisotopic (exact) mass is 538 g/mol. The molecule has 0 unspecified atom stereocenters. The van der Waals surface area contributed by atoms with Gasteiger partial charge in [-0.2, -0.15) is 0 Å². The molecule has 2 amide bonds. The first-order chi connectivity index (χ1) is 18.6. The first-order valence-corrected chi connectivity index (χ1v) is 13.3.